The third-order valence-electron chi connectivity index (χ3n) is 4.33. The minimum absolute atomic E-state index is 0.0466. The minimum Gasteiger partial charge on any atom is -0.338 e. The van der Waals surface area contributed by atoms with E-state index in [1.165, 1.54) is 17.8 Å². The highest BCUT2D eigenvalue weighted by molar-refractivity contribution is 6.30. The van der Waals surface area contributed by atoms with Crippen molar-refractivity contribution in [3.05, 3.63) is 69.1 Å². The van der Waals surface area contributed by atoms with Gasteiger partial charge in [0.15, 0.2) is 0 Å². The van der Waals surface area contributed by atoms with Crippen molar-refractivity contribution in [2.75, 3.05) is 13.1 Å². The van der Waals surface area contributed by atoms with E-state index in [4.69, 9.17) is 11.6 Å². The van der Waals surface area contributed by atoms with Crippen LogP contribution in [-0.2, 0) is 0 Å². The first kappa shape index (κ1) is 15.8. The Hall–Kier alpha value is -2.07. The number of hydrogen-bond donors (Lipinski definition) is 1. The summed E-state index contributed by atoms with van der Waals surface area (Å²) in [6.45, 7) is 1.43. The van der Waals surface area contributed by atoms with Crippen LogP contribution in [0.3, 0.4) is 0 Å². The van der Waals surface area contributed by atoms with E-state index >= 15 is 0 Å². The number of H-pyrrole nitrogens is 1. The molecular weight excluding hydrogens is 312 g/mol. The summed E-state index contributed by atoms with van der Waals surface area (Å²) < 4.78 is 0. The molecule has 1 aromatic carbocycles. The monoisotopic (exact) mass is 330 g/mol. The van der Waals surface area contributed by atoms with E-state index in [-0.39, 0.29) is 16.5 Å². The number of aromatic nitrogens is 1. The van der Waals surface area contributed by atoms with Crippen LogP contribution < -0.4 is 5.56 Å². The zero-order valence-corrected chi connectivity index (χ0v) is 13.6. The number of hydrogen-bond acceptors (Lipinski definition) is 2. The molecule has 1 N–H and O–H groups in total. The SMILES string of the molecule is O=C(c1c[nH]c(=O)c(Cl)c1)N1CCCC[C@H](c2ccccc2)C1. The number of pyridine rings is 1. The van der Waals surface area contributed by atoms with Gasteiger partial charge in [0.1, 0.15) is 5.02 Å². The zero-order chi connectivity index (χ0) is 16.2. The van der Waals surface area contributed by atoms with Gasteiger partial charge in [0.05, 0.1) is 5.56 Å². The first-order valence-corrected chi connectivity index (χ1v) is 8.25. The molecule has 1 amide bonds. The first-order chi connectivity index (χ1) is 11.1. The Labute approximate surface area is 140 Å². The fraction of sp³-hybridized carbons (Fsp3) is 0.333. The smallest absolute Gasteiger partial charge is 0.266 e. The van der Waals surface area contributed by atoms with Gasteiger partial charge in [0, 0.05) is 25.2 Å². The Kier molecular flexibility index (Phi) is 4.82. The molecule has 1 aromatic heterocycles. The van der Waals surface area contributed by atoms with E-state index in [9.17, 15) is 9.59 Å². The average Bonchev–Trinajstić information content (AvgIpc) is 2.84. The summed E-state index contributed by atoms with van der Waals surface area (Å²) >= 11 is 5.84. The molecule has 0 unspecified atom stereocenters. The van der Waals surface area contributed by atoms with Gasteiger partial charge in [-0.3, -0.25) is 9.59 Å². The summed E-state index contributed by atoms with van der Waals surface area (Å²) in [5, 5.41) is 0.0466. The molecular formula is C18H19ClN2O2. The molecule has 2 heterocycles. The summed E-state index contributed by atoms with van der Waals surface area (Å²) in [6, 6.07) is 11.8. The number of rotatable bonds is 2. The second-order valence-electron chi connectivity index (χ2n) is 5.92. The lowest BCUT2D eigenvalue weighted by Gasteiger charge is -2.25. The van der Waals surface area contributed by atoms with Gasteiger partial charge in [-0.15, -0.1) is 0 Å². The fourth-order valence-corrected chi connectivity index (χ4v) is 3.26. The van der Waals surface area contributed by atoms with Crippen molar-refractivity contribution in [3.8, 4) is 0 Å². The topological polar surface area (TPSA) is 53.2 Å². The van der Waals surface area contributed by atoms with Gasteiger partial charge in [-0.1, -0.05) is 48.4 Å². The fourth-order valence-electron chi connectivity index (χ4n) is 3.09. The molecule has 120 valence electrons. The van der Waals surface area contributed by atoms with Crippen molar-refractivity contribution in [2.24, 2.45) is 0 Å². The van der Waals surface area contributed by atoms with Crippen LogP contribution in [0.1, 0.15) is 41.1 Å². The molecule has 23 heavy (non-hydrogen) atoms. The predicted molar refractivity (Wildman–Crippen MR) is 91.0 cm³/mol. The quantitative estimate of drug-likeness (QED) is 0.917. The van der Waals surface area contributed by atoms with Gasteiger partial charge in [-0.05, 0) is 24.5 Å². The van der Waals surface area contributed by atoms with E-state index in [0.717, 1.165) is 25.8 Å². The number of carbonyl (C=O) groups excluding carboxylic acids is 1. The molecule has 2 aromatic rings. The lowest BCUT2D eigenvalue weighted by Crippen LogP contribution is -2.34. The molecule has 1 fully saturated rings. The highest BCUT2D eigenvalue weighted by Crippen LogP contribution is 2.27. The van der Waals surface area contributed by atoms with Crippen LogP contribution in [0.15, 0.2) is 47.4 Å². The van der Waals surface area contributed by atoms with Crippen molar-refractivity contribution >= 4 is 17.5 Å². The summed E-state index contributed by atoms with van der Waals surface area (Å²) in [7, 11) is 0. The second-order valence-corrected chi connectivity index (χ2v) is 6.33. The molecule has 1 saturated heterocycles. The molecule has 1 aliphatic rings. The largest absolute Gasteiger partial charge is 0.338 e. The molecule has 5 heteroatoms. The molecule has 0 aliphatic carbocycles. The number of aromatic amines is 1. The number of nitrogens with zero attached hydrogens (tertiary/aromatic N) is 1. The van der Waals surface area contributed by atoms with Gasteiger partial charge in [-0.2, -0.15) is 0 Å². The molecule has 4 nitrogen and oxygen atoms in total. The summed E-state index contributed by atoms with van der Waals surface area (Å²) in [6.07, 6.45) is 4.63. The van der Waals surface area contributed by atoms with Crippen LogP contribution >= 0.6 is 11.6 Å². The maximum Gasteiger partial charge on any atom is 0.266 e. The Morgan fingerprint density at radius 2 is 2.00 bits per heavy atom. The maximum atomic E-state index is 12.7. The van der Waals surface area contributed by atoms with Crippen LogP contribution in [0.5, 0.6) is 0 Å². The number of halogens is 1. The number of carbonyl (C=O) groups is 1. The van der Waals surface area contributed by atoms with Crippen LogP contribution in [0.2, 0.25) is 5.02 Å². The molecule has 0 radical (unpaired) electrons. The van der Waals surface area contributed by atoms with Crippen molar-refractivity contribution in [1.82, 2.24) is 9.88 Å². The average molecular weight is 331 g/mol. The molecule has 3 rings (SSSR count). The van der Waals surface area contributed by atoms with Crippen LogP contribution in [-0.4, -0.2) is 28.9 Å². The van der Waals surface area contributed by atoms with E-state index < -0.39 is 0 Å². The summed E-state index contributed by atoms with van der Waals surface area (Å²) in [5.74, 6) is 0.270. The second kappa shape index (κ2) is 7.01. The molecule has 0 bridgehead atoms. The Bertz CT molecular complexity index is 742. The van der Waals surface area contributed by atoms with Crippen LogP contribution in [0.4, 0.5) is 0 Å². The van der Waals surface area contributed by atoms with Gasteiger partial charge < -0.3 is 9.88 Å². The van der Waals surface area contributed by atoms with Crippen molar-refractivity contribution in [2.45, 2.75) is 25.2 Å². The van der Waals surface area contributed by atoms with E-state index in [0.29, 0.717) is 18.0 Å². The first-order valence-electron chi connectivity index (χ1n) is 7.87. The number of benzene rings is 1. The van der Waals surface area contributed by atoms with Gasteiger partial charge in [-0.25, -0.2) is 0 Å². The highest BCUT2D eigenvalue weighted by atomic mass is 35.5. The standard InChI is InChI=1S/C18H19ClN2O2/c19-16-10-15(11-20-17(16)22)18(23)21-9-5-4-8-14(12-21)13-6-2-1-3-7-13/h1-3,6-7,10-11,14H,4-5,8-9,12H2,(H,20,22)/t14-/m0/s1. The predicted octanol–water partition coefficient (Wildman–Crippen LogP) is 3.44. The number of likely N-dealkylation sites (tertiary alicyclic amines) is 1. The molecule has 0 spiro atoms. The van der Waals surface area contributed by atoms with Crippen molar-refractivity contribution < 1.29 is 4.79 Å². The summed E-state index contributed by atoms with van der Waals surface area (Å²) in [4.78, 5) is 28.5. The third-order valence-corrected chi connectivity index (χ3v) is 4.62. The minimum atomic E-state index is -0.374. The highest BCUT2D eigenvalue weighted by Gasteiger charge is 2.24. The lowest BCUT2D eigenvalue weighted by molar-refractivity contribution is 0.0754. The molecule has 0 saturated carbocycles. The van der Waals surface area contributed by atoms with Crippen molar-refractivity contribution in [3.63, 3.8) is 0 Å². The maximum absolute atomic E-state index is 12.7. The van der Waals surface area contributed by atoms with Gasteiger partial charge in [0.2, 0.25) is 0 Å². The van der Waals surface area contributed by atoms with Crippen LogP contribution in [0.25, 0.3) is 0 Å². The van der Waals surface area contributed by atoms with Gasteiger partial charge >= 0.3 is 0 Å². The van der Waals surface area contributed by atoms with E-state index in [1.54, 1.807) is 0 Å². The Morgan fingerprint density at radius 3 is 2.74 bits per heavy atom. The van der Waals surface area contributed by atoms with Crippen molar-refractivity contribution in [1.29, 1.82) is 0 Å². The molecule has 1 atom stereocenters. The number of amides is 1. The summed E-state index contributed by atoms with van der Waals surface area (Å²) in [5.41, 5.74) is 1.33. The Balaban J connectivity index is 1.81. The van der Waals surface area contributed by atoms with Crippen LogP contribution in [0, 0.1) is 0 Å². The lowest BCUT2D eigenvalue weighted by atomic mass is 9.94. The normalized spacial score (nSPS) is 18.5. The van der Waals surface area contributed by atoms with E-state index in [2.05, 4.69) is 17.1 Å². The number of nitrogens with one attached hydrogen (secondary N) is 1. The Morgan fingerprint density at radius 1 is 1.22 bits per heavy atom. The molecule has 1 aliphatic heterocycles. The van der Waals surface area contributed by atoms with Gasteiger partial charge in [0.25, 0.3) is 11.5 Å². The third kappa shape index (κ3) is 3.64. The van der Waals surface area contributed by atoms with E-state index in [1.807, 2.05) is 23.1 Å². The zero-order valence-electron chi connectivity index (χ0n) is 12.8.